The van der Waals surface area contributed by atoms with Crippen molar-refractivity contribution in [2.24, 2.45) is 0 Å². The van der Waals surface area contributed by atoms with Gasteiger partial charge in [-0.2, -0.15) is 0 Å². The zero-order valence-electron chi connectivity index (χ0n) is 9.06. The first kappa shape index (κ1) is 12.1. The molecule has 5 heteroatoms. The van der Waals surface area contributed by atoms with Gasteiger partial charge in [0.15, 0.2) is 0 Å². The number of esters is 1. The number of ether oxygens (including phenoxy) is 1. The van der Waals surface area contributed by atoms with E-state index in [1.807, 2.05) is 13.8 Å². The maximum absolute atomic E-state index is 10.9. The van der Waals surface area contributed by atoms with Crippen LogP contribution in [-0.2, 0) is 9.53 Å². The molecule has 4 nitrogen and oxygen atoms in total. The highest BCUT2D eigenvalue weighted by Crippen LogP contribution is 2.27. The minimum Gasteiger partial charge on any atom is -0.469 e. The van der Waals surface area contributed by atoms with Gasteiger partial charge in [-0.05, 0) is 0 Å². The maximum Gasteiger partial charge on any atom is 0.308 e. The van der Waals surface area contributed by atoms with Crippen LogP contribution in [0, 0.1) is 0 Å². The van der Waals surface area contributed by atoms with E-state index in [4.69, 9.17) is 0 Å². The van der Waals surface area contributed by atoms with Crippen molar-refractivity contribution in [3.05, 3.63) is 16.1 Å². The number of hydrogen-bond acceptors (Lipinski definition) is 5. The fraction of sp³-hybridized carbons (Fsp3) is 0.600. The third-order valence-corrected chi connectivity index (χ3v) is 3.35. The number of aromatic nitrogens is 1. The Hall–Kier alpha value is -0.940. The smallest absolute Gasteiger partial charge is 0.308 e. The molecule has 0 amide bonds. The molecule has 0 aromatic carbocycles. The summed E-state index contributed by atoms with van der Waals surface area (Å²) in [5.74, 6) is -0.0731. The van der Waals surface area contributed by atoms with Gasteiger partial charge in [-0.15, -0.1) is 11.3 Å². The van der Waals surface area contributed by atoms with Gasteiger partial charge in [0, 0.05) is 12.1 Å². The first-order valence-corrected chi connectivity index (χ1v) is 5.56. The summed E-state index contributed by atoms with van der Waals surface area (Å²) < 4.78 is 4.48. The van der Waals surface area contributed by atoms with Gasteiger partial charge in [-0.25, -0.2) is 4.98 Å². The molecule has 0 radical (unpaired) electrons. The number of aliphatic hydroxyl groups excluding tert-OH is 1. The van der Waals surface area contributed by atoms with Crippen molar-refractivity contribution in [2.45, 2.75) is 32.3 Å². The van der Waals surface area contributed by atoms with Crippen LogP contribution >= 0.6 is 11.3 Å². The second-order valence-electron chi connectivity index (χ2n) is 3.55. The molecule has 0 aliphatic rings. The third-order valence-electron chi connectivity index (χ3n) is 1.95. The van der Waals surface area contributed by atoms with Crippen LogP contribution < -0.4 is 0 Å². The Bertz CT molecular complexity index is 335. The van der Waals surface area contributed by atoms with E-state index in [1.165, 1.54) is 18.4 Å². The van der Waals surface area contributed by atoms with E-state index in [1.54, 1.807) is 6.20 Å². The molecular weight excluding hydrogens is 214 g/mol. The van der Waals surface area contributed by atoms with Gasteiger partial charge in [0.2, 0.25) is 0 Å². The first-order valence-electron chi connectivity index (χ1n) is 4.75. The van der Waals surface area contributed by atoms with Gasteiger partial charge in [-0.1, -0.05) is 13.8 Å². The van der Waals surface area contributed by atoms with E-state index in [2.05, 4.69) is 9.72 Å². The highest BCUT2D eigenvalue weighted by Gasteiger charge is 2.16. The van der Waals surface area contributed by atoms with Crippen LogP contribution in [0.2, 0.25) is 0 Å². The van der Waals surface area contributed by atoms with Crippen molar-refractivity contribution in [2.75, 3.05) is 7.11 Å². The average Bonchev–Trinajstić information content (AvgIpc) is 2.66. The molecule has 84 valence electrons. The van der Waals surface area contributed by atoms with E-state index in [0.717, 1.165) is 5.01 Å². The molecule has 0 saturated heterocycles. The van der Waals surface area contributed by atoms with Crippen molar-refractivity contribution < 1.29 is 14.6 Å². The average molecular weight is 229 g/mol. The lowest BCUT2D eigenvalue weighted by atomic mass is 10.2. The predicted octanol–water partition coefficient (Wildman–Crippen LogP) is 1.86. The zero-order chi connectivity index (χ0) is 11.4. The Morgan fingerprint density at radius 1 is 1.67 bits per heavy atom. The molecule has 15 heavy (non-hydrogen) atoms. The molecular formula is C10H15NO3S. The molecule has 0 unspecified atom stereocenters. The lowest BCUT2D eigenvalue weighted by molar-refractivity contribution is -0.142. The summed E-state index contributed by atoms with van der Waals surface area (Å²) in [6.45, 7) is 4.07. The van der Waals surface area contributed by atoms with E-state index in [0.29, 0.717) is 10.8 Å². The number of thiazole rings is 1. The number of rotatable bonds is 4. The van der Waals surface area contributed by atoms with Gasteiger partial charge >= 0.3 is 5.97 Å². The summed E-state index contributed by atoms with van der Waals surface area (Å²) in [7, 11) is 1.31. The fourth-order valence-electron chi connectivity index (χ4n) is 1.06. The number of carbonyl (C=O) groups is 1. The number of hydrogen-bond donors (Lipinski definition) is 1. The summed E-state index contributed by atoms with van der Waals surface area (Å²) in [5, 5.41) is 10.7. The fourth-order valence-corrected chi connectivity index (χ4v) is 1.97. The summed E-state index contributed by atoms with van der Waals surface area (Å²) >= 11 is 1.43. The molecule has 0 aliphatic carbocycles. The number of nitrogens with zero attached hydrogens (tertiary/aromatic N) is 1. The van der Waals surface area contributed by atoms with Gasteiger partial charge in [0.25, 0.3) is 0 Å². The number of aliphatic hydroxyl groups is 1. The van der Waals surface area contributed by atoms with Crippen LogP contribution in [0.15, 0.2) is 6.20 Å². The van der Waals surface area contributed by atoms with E-state index < -0.39 is 12.1 Å². The second-order valence-corrected chi connectivity index (χ2v) is 4.65. The standard InChI is InChI=1S/C10H15NO3S/c1-6(2)10-11-5-8(15-10)7(12)4-9(13)14-3/h5-7,12H,4H2,1-3H3/t7-/m1/s1. The highest BCUT2D eigenvalue weighted by atomic mass is 32.1. The minimum atomic E-state index is -0.803. The largest absolute Gasteiger partial charge is 0.469 e. The molecule has 0 saturated carbocycles. The Balaban J connectivity index is 2.65. The third kappa shape index (κ3) is 3.28. The molecule has 1 aromatic heterocycles. The van der Waals surface area contributed by atoms with Crippen molar-refractivity contribution >= 4 is 17.3 Å². The maximum atomic E-state index is 10.9. The predicted molar refractivity (Wildman–Crippen MR) is 57.8 cm³/mol. The summed E-state index contributed by atoms with van der Waals surface area (Å²) in [6.07, 6.45) is 0.798. The van der Waals surface area contributed by atoms with Gasteiger partial charge in [-0.3, -0.25) is 4.79 Å². The van der Waals surface area contributed by atoms with E-state index >= 15 is 0 Å². The molecule has 1 rings (SSSR count). The SMILES string of the molecule is COC(=O)C[C@@H](O)c1cnc(C(C)C)s1. The van der Waals surface area contributed by atoms with Gasteiger partial charge in [0.05, 0.1) is 23.4 Å². The van der Waals surface area contributed by atoms with E-state index in [9.17, 15) is 9.90 Å². The topological polar surface area (TPSA) is 59.4 Å². The summed E-state index contributed by atoms with van der Waals surface area (Å²) in [5.41, 5.74) is 0. The Morgan fingerprint density at radius 3 is 2.80 bits per heavy atom. The van der Waals surface area contributed by atoms with Crippen LogP contribution in [0.3, 0.4) is 0 Å². The van der Waals surface area contributed by atoms with Gasteiger partial charge in [0.1, 0.15) is 6.10 Å². The minimum absolute atomic E-state index is 0.0176. The number of carbonyl (C=O) groups excluding carboxylic acids is 1. The number of methoxy groups -OCH3 is 1. The van der Waals surface area contributed by atoms with Crippen LogP contribution in [0.4, 0.5) is 0 Å². The van der Waals surface area contributed by atoms with Crippen molar-refractivity contribution in [3.63, 3.8) is 0 Å². The van der Waals surface area contributed by atoms with Gasteiger partial charge < -0.3 is 9.84 Å². The molecule has 1 N–H and O–H groups in total. The van der Waals surface area contributed by atoms with Crippen LogP contribution in [-0.4, -0.2) is 23.2 Å². The first-order chi connectivity index (χ1) is 7.04. The quantitative estimate of drug-likeness (QED) is 0.801. The lowest BCUT2D eigenvalue weighted by Crippen LogP contribution is -2.06. The molecule has 0 aliphatic heterocycles. The summed E-state index contributed by atoms with van der Waals surface area (Å²) in [6, 6.07) is 0. The lowest BCUT2D eigenvalue weighted by Gasteiger charge is -2.05. The van der Waals surface area contributed by atoms with E-state index in [-0.39, 0.29) is 6.42 Å². The normalized spacial score (nSPS) is 12.9. The molecule has 0 bridgehead atoms. The van der Waals surface area contributed by atoms with Crippen molar-refractivity contribution in [1.82, 2.24) is 4.98 Å². The molecule has 1 atom stereocenters. The molecule has 1 aromatic rings. The summed E-state index contributed by atoms with van der Waals surface area (Å²) in [4.78, 5) is 15.8. The molecule has 1 heterocycles. The second kappa shape index (κ2) is 5.23. The Morgan fingerprint density at radius 2 is 2.33 bits per heavy atom. The Kier molecular flexibility index (Phi) is 4.23. The van der Waals surface area contributed by atoms with Crippen molar-refractivity contribution in [1.29, 1.82) is 0 Å². The zero-order valence-corrected chi connectivity index (χ0v) is 9.87. The van der Waals surface area contributed by atoms with Crippen molar-refractivity contribution in [3.8, 4) is 0 Å². The van der Waals surface area contributed by atoms with Crippen LogP contribution in [0.5, 0.6) is 0 Å². The van der Waals surface area contributed by atoms with Crippen LogP contribution in [0.25, 0.3) is 0 Å². The molecule has 0 fully saturated rings. The monoisotopic (exact) mass is 229 g/mol. The highest BCUT2D eigenvalue weighted by molar-refractivity contribution is 7.11. The van der Waals surface area contributed by atoms with Crippen LogP contribution in [0.1, 0.15) is 42.2 Å². The molecule has 0 spiro atoms. The Labute approximate surface area is 92.9 Å².